The molecule has 3 N–H and O–H groups in total. The topological polar surface area (TPSA) is 157 Å². The SMILES string of the molecule is CC(C)C1=C2[C@H]3CC[C@@H]4[C@@]5(C)CC[C@H](OC(=O)[C@H]6C[C@@H](C(=O)OCc7ccccc7)C6(C)C)C(C)(C)[C@@H]5CC[C@@]4(C)[C@]3(C)CC[C@@]2(NC(=O)C(C)(C)NC(=O)c2cc(-c3ccccc3)n[nH]2)CC1=O. The molecule has 6 aliphatic carbocycles. The monoisotopic (exact) mass is 941 g/mol. The molecule has 0 bridgehead atoms. The number of ether oxygens (including phenoxy) is 2. The first-order chi connectivity index (χ1) is 32.4. The average Bonchev–Trinajstić information content (AvgIpc) is 3.90. The molecule has 370 valence electrons. The molecule has 10 atom stereocenters. The van der Waals surface area contributed by atoms with Gasteiger partial charge in [-0.05, 0) is 140 Å². The van der Waals surface area contributed by atoms with Crippen LogP contribution in [0.15, 0.2) is 77.9 Å². The zero-order valence-corrected chi connectivity index (χ0v) is 43.0. The molecule has 9 rings (SSSR count). The summed E-state index contributed by atoms with van der Waals surface area (Å²) in [6.45, 7) is 24.1. The second-order valence-electron chi connectivity index (χ2n) is 24.9. The number of nitrogens with zero attached hydrogens (tertiary/aromatic N) is 1. The third-order valence-corrected chi connectivity index (χ3v) is 19.9. The minimum atomic E-state index is -1.29. The largest absolute Gasteiger partial charge is 0.462 e. The fourth-order valence-electron chi connectivity index (χ4n) is 15.7. The summed E-state index contributed by atoms with van der Waals surface area (Å²) in [6, 6.07) is 21.0. The Hall–Kier alpha value is -5.06. The first-order valence-electron chi connectivity index (χ1n) is 25.8. The van der Waals surface area contributed by atoms with E-state index in [-0.39, 0.29) is 93.8 Å². The van der Waals surface area contributed by atoms with Crippen molar-refractivity contribution in [1.29, 1.82) is 0 Å². The van der Waals surface area contributed by atoms with Crippen LogP contribution in [0, 0.1) is 62.6 Å². The van der Waals surface area contributed by atoms with Gasteiger partial charge >= 0.3 is 11.9 Å². The Balaban J connectivity index is 0.896. The Morgan fingerprint density at radius 3 is 2.12 bits per heavy atom. The number of aromatic nitrogens is 2. The first kappa shape index (κ1) is 48.9. The fraction of sp³-hybridized carbons (Fsp3) is 0.621. The van der Waals surface area contributed by atoms with Crippen molar-refractivity contribution in [3.63, 3.8) is 0 Å². The van der Waals surface area contributed by atoms with E-state index < -0.39 is 22.4 Å². The molecule has 6 aliphatic rings. The minimum Gasteiger partial charge on any atom is -0.462 e. The van der Waals surface area contributed by atoms with Gasteiger partial charge in [-0.2, -0.15) is 5.10 Å². The Bertz CT molecular complexity index is 2560. The van der Waals surface area contributed by atoms with Gasteiger partial charge in [0.15, 0.2) is 5.78 Å². The van der Waals surface area contributed by atoms with Crippen LogP contribution in [0.2, 0.25) is 0 Å². The highest BCUT2D eigenvalue weighted by Gasteiger charge is 2.71. The number of aromatic amines is 1. The van der Waals surface area contributed by atoms with E-state index in [1.807, 2.05) is 74.5 Å². The summed E-state index contributed by atoms with van der Waals surface area (Å²) in [6.07, 6.45) is 7.76. The lowest BCUT2D eigenvalue weighted by atomic mass is 9.33. The highest BCUT2D eigenvalue weighted by molar-refractivity contribution is 6.03. The van der Waals surface area contributed by atoms with E-state index in [0.29, 0.717) is 30.4 Å². The Morgan fingerprint density at radius 2 is 1.45 bits per heavy atom. The van der Waals surface area contributed by atoms with Gasteiger partial charge in [0, 0.05) is 17.4 Å². The molecule has 1 heterocycles. The maximum atomic E-state index is 14.6. The summed E-state index contributed by atoms with van der Waals surface area (Å²) in [5, 5.41) is 13.6. The Labute approximate surface area is 409 Å². The van der Waals surface area contributed by atoms with E-state index in [0.717, 1.165) is 67.2 Å². The van der Waals surface area contributed by atoms with Gasteiger partial charge in [0.2, 0.25) is 5.91 Å². The lowest BCUT2D eigenvalue weighted by Gasteiger charge is -2.72. The number of ketones is 1. The number of nitrogens with one attached hydrogen (secondary N) is 3. The Morgan fingerprint density at radius 1 is 0.783 bits per heavy atom. The van der Waals surface area contributed by atoms with Crippen molar-refractivity contribution in [2.75, 3.05) is 0 Å². The standard InChI is InChI=1S/C58H76N4O7/c1-34(2)46-42(63)32-58(60-51(67)54(7,8)59-48(64)41-31-40(61-62-41)36-20-16-13-17-21-36)29-28-56(10)37(47(46)58)22-23-44-55(9)26-25-45(53(5,6)43(55)24-27-57(44,56)11)69-50(66)39-30-38(52(39,3)4)49(65)68-33-35-18-14-12-15-19-35/h12-21,31,34,37-39,43-45H,22-30,32-33H2,1-11H3,(H,59,64)(H,60,67)(H,61,62)/t37-,38+,39-,43+,44-,45+,55+,56-,57-,58-/m1/s1. The van der Waals surface area contributed by atoms with E-state index in [4.69, 9.17) is 9.47 Å². The van der Waals surface area contributed by atoms with Gasteiger partial charge in [-0.1, -0.05) is 123 Å². The van der Waals surface area contributed by atoms with Gasteiger partial charge in [-0.15, -0.1) is 0 Å². The molecule has 5 fully saturated rings. The molecule has 0 radical (unpaired) electrons. The van der Waals surface area contributed by atoms with Crippen molar-refractivity contribution < 1.29 is 33.4 Å². The summed E-state index contributed by atoms with van der Waals surface area (Å²) in [5.74, 6) is -0.898. The van der Waals surface area contributed by atoms with E-state index >= 15 is 0 Å². The summed E-state index contributed by atoms with van der Waals surface area (Å²) < 4.78 is 12.3. The summed E-state index contributed by atoms with van der Waals surface area (Å²) >= 11 is 0. The number of hydrogen-bond donors (Lipinski definition) is 3. The number of amides is 2. The van der Waals surface area contributed by atoms with Crippen LogP contribution in [0.3, 0.4) is 0 Å². The van der Waals surface area contributed by atoms with Crippen molar-refractivity contribution in [3.8, 4) is 11.3 Å². The molecule has 1 aromatic heterocycles. The molecule has 2 aromatic carbocycles. The number of esters is 2. The van der Waals surface area contributed by atoms with Gasteiger partial charge in [-0.25, -0.2) is 0 Å². The molecule has 0 aliphatic heterocycles. The zero-order valence-electron chi connectivity index (χ0n) is 43.0. The number of carbonyl (C=O) groups excluding carboxylic acids is 5. The molecule has 11 heteroatoms. The van der Waals surface area contributed by atoms with Gasteiger partial charge in [0.25, 0.3) is 5.91 Å². The average molecular weight is 941 g/mol. The number of allylic oxidation sites excluding steroid dienone is 1. The maximum Gasteiger partial charge on any atom is 0.309 e. The number of Topliss-reactive ketones (excluding diaryl/α,β-unsaturated/α-hetero) is 1. The number of benzene rings is 2. The second-order valence-corrected chi connectivity index (χ2v) is 24.9. The van der Waals surface area contributed by atoms with Crippen molar-refractivity contribution in [2.45, 2.75) is 164 Å². The van der Waals surface area contributed by atoms with Crippen LogP contribution in [0.4, 0.5) is 0 Å². The van der Waals surface area contributed by atoms with Gasteiger partial charge in [0.05, 0.1) is 23.1 Å². The van der Waals surface area contributed by atoms with E-state index in [1.165, 1.54) is 0 Å². The van der Waals surface area contributed by atoms with Gasteiger partial charge < -0.3 is 20.1 Å². The maximum absolute atomic E-state index is 14.6. The molecule has 0 spiro atoms. The smallest absolute Gasteiger partial charge is 0.309 e. The number of hydrogen-bond acceptors (Lipinski definition) is 8. The predicted molar refractivity (Wildman–Crippen MR) is 265 cm³/mol. The second kappa shape index (κ2) is 17.1. The predicted octanol–water partition coefficient (Wildman–Crippen LogP) is 10.8. The van der Waals surface area contributed by atoms with Crippen molar-refractivity contribution in [2.24, 2.45) is 62.6 Å². The van der Waals surface area contributed by atoms with Gasteiger partial charge in [-0.3, -0.25) is 29.1 Å². The minimum absolute atomic E-state index is 0.00274. The molecule has 11 nitrogen and oxygen atoms in total. The molecule has 3 aromatic rings. The lowest BCUT2D eigenvalue weighted by molar-refractivity contribution is -0.235. The van der Waals surface area contributed by atoms with E-state index in [1.54, 1.807) is 19.9 Å². The third-order valence-electron chi connectivity index (χ3n) is 19.9. The van der Waals surface area contributed by atoms with Crippen LogP contribution in [0.5, 0.6) is 0 Å². The molecule has 0 unspecified atom stereocenters. The number of fused-ring (bicyclic) bond motifs is 7. The van der Waals surface area contributed by atoms with E-state index in [2.05, 4.69) is 69.3 Å². The van der Waals surface area contributed by atoms with Crippen LogP contribution in [0.1, 0.15) is 156 Å². The molecular weight excluding hydrogens is 865 g/mol. The first-order valence-corrected chi connectivity index (χ1v) is 25.8. The lowest BCUT2D eigenvalue weighted by Crippen LogP contribution is -2.68. The summed E-state index contributed by atoms with van der Waals surface area (Å²) in [7, 11) is 0. The molecule has 0 saturated heterocycles. The van der Waals surface area contributed by atoms with Crippen LogP contribution in [-0.2, 0) is 35.3 Å². The normalized spacial score (nSPS) is 34.3. The number of H-pyrrole nitrogens is 1. The molecular formula is C58H76N4O7. The highest BCUT2D eigenvalue weighted by atomic mass is 16.5. The highest BCUT2D eigenvalue weighted by Crippen LogP contribution is 2.76. The summed E-state index contributed by atoms with van der Waals surface area (Å²) in [5.41, 5.74) is 1.67. The van der Waals surface area contributed by atoms with Crippen LogP contribution in [0.25, 0.3) is 11.3 Å². The van der Waals surface area contributed by atoms with Crippen molar-refractivity contribution in [1.82, 2.24) is 20.8 Å². The van der Waals surface area contributed by atoms with Crippen molar-refractivity contribution in [3.05, 3.63) is 89.1 Å². The molecule has 69 heavy (non-hydrogen) atoms. The fourth-order valence-corrected chi connectivity index (χ4v) is 15.7. The van der Waals surface area contributed by atoms with Gasteiger partial charge in [0.1, 0.15) is 23.9 Å². The summed E-state index contributed by atoms with van der Waals surface area (Å²) in [4.78, 5) is 69.9. The van der Waals surface area contributed by atoms with E-state index in [9.17, 15) is 24.0 Å². The van der Waals surface area contributed by atoms with Crippen LogP contribution in [-0.4, -0.2) is 56.9 Å². The zero-order chi connectivity index (χ0) is 49.7. The third kappa shape index (κ3) is 7.82. The number of rotatable bonds is 11. The van der Waals surface area contributed by atoms with Crippen molar-refractivity contribution >= 4 is 29.5 Å². The molecule has 2 amide bonds. The number of carbonyl (C=O) groups is 5. The van der Waals surface area contributed by atoms with Crippen LogP contribution < -0.4 is 10.6 Å². The quantitative estimate of drug-likeness (QED) is 0.160. The molecule has 5 saturated carbocycles. The van der Waals surface area contributed by atoms with Crippen LogP contribution >= 0.6 is 0 Å². The Kier molecular flexibility index (Phi) is 12.1.